The zero-order chi connectivity index (χ0) is 29.6. The first kappa shape index (κ1) is 30.8. The number of halogens is 1. The van der Waals surface area contributed by atoms with E-state index in [1.54, 1.807) is 36.4 Å². The highest BCUT2D eigenvalue weighted by molar-refractivity contribution is 9.10. The summed E-state index contributed by atoms with van der Waals surface area (Å²) in [5.41, 5.74) is 0.321. The first-order valence-electron chi connectivity index (χ1n) is 12.6. The Labute approximate surface area is 248 Å². The predicted molar refractivity (Wildman–Crippen MR) is 157 cm³/mol. The van der Waals surface area contributed by atoms with Gasteiger partial charge in [0, 0.05) is 17.6 Å². The number of morpholine rings is 1. The highest BCUT2D eigenvalue weighted by atomic mass is 79.9. The zero-order valence-corrected chi connectivity index (χ0v) is 25.7. The number of hydrogen-bond acceptors (Lipinski definition) is 8. The average Bonchev–Trinajstić information content (AvgIpc) is 2.97. The number of ether oxygens (including phenoxy) is 3. The lowest BCUT2D eigenvalue weighted by Gasteiger charge is -2.26. The number of sulfonamides is 2. The second-order valence-corrected chi connectivity index (χ2v) is 13.5. The summed E-state index contributed by atoms with van der Waals surface area (Å²) < 4.78 is 72.8. The molecule has 3 aromatic carbocycles. The van der Waals surface area contributed by atoms with Gasteiger partial charge in [0.1, 0.15) is 18.0 Å². The Morgan fingerprint density at radius 3 is 2.22 bits per heavy atom. The molecule has 1 saturated heterocycles. The fraction of sp³-hybridized carbons (Fsp3) is 0.296. The smallest absolute Gasteiger partial charge is 0.264 e. The lowest BCUT2D eigenvalue weighted by Crippen LogP contribution is -2.40. The number of nitrogens with one attached hydrogen (secondary N) is 1. The first-order chi connectivity index (χ1) is 19.6. The van der Waals surface area contributed by atoms with Crippen molar-refractivity contribution in [2.45, 2.75) is 16.7 Å². The standard InChI is InChI=1S/C27H30BrN3O8S2/c1-3-39-22-8-6-21(7-9-22)31(41(35,36)23-10-4-20(28)5-11-23)19-27(32)29-25-18-24(12-13-26(25)37-2)40(33,34)30-14-16-38-17-15-30/h4-13,18H,3,14-17,19H2,1-2H3,(H,29,32). The summed E-state index contributed by atoms with van der Waals surface area (Å²) in [4.78, 5) is 13.3. The molecule has 1 heterocycles. The third-order valence-electron chi connectivity index (χ3n) is 6.18. The second kappa shape index (κ2) is 13.2. The molecule has 1 aliphatic rings. The maximum absolute atomic E-state index is 13.7. The molecule has 41 heavy (non-hydrogen) atoms. The summed E-state index contributed by atoms with van der Waals surface area (Å²) in [6.07, 6.45) is 0. The van der Waals surface area contributed by atoms with Gasteiger partial charge in [0.25, 0.3) is 10.0 Å². The van der Waals surface area contributed by atoms with Crippen molar-refractivity contribution in [3.63, 3.8) is 0 Å². The molecule has 0 aromatic heterocycles. The van der Waals surface area contributed by atoms with Crippen LogP contribution in [-0.2, 0) is 29.6 Å². The van der Waals surface area contributed by atoms with Gasteiger partial charge in [0.15, 0.2) is 0 Å². The first-order valence-corrected chi connectivity index (χ1v) is 16.3. The van der Waals surface area contributed by atoms with Gasteiger partial charge in [-0.05, 0) is 73.7 Å². The monoisotopic (exact) mass is 667 g/mol. The lowest BCUT2D eigenvalue weighted by molar-refractivity contribution is -0.114. The van der Waals surface area contributed by atoms with Crippen LogP contribution in [0.4, 0.5) is 11.4 Å². The third-order valence-corrected chi connectivity index (χ3v) is 10.4. The largest absolute Gasteiger partial charge is 0.495 e. The molecule has 1 fully saturated rings. The molecule has 1 aliphatic heterocycles. The normalized spacial score (nSPS) is 14.3. The van der Waals surface area contributed by atoms with Crippen molar-refractivity contribution >= 4 is 53.3 Å². The summed E-state index contributed by atoms with van der Waals surface area (Å²) in [5.74, 6) is 0.0474. The molecular formula is C27H30BrN3O8S2. The quantitative estimate of drug-likeness (QED) is 0.327. The van der Waals surface area contributed by atoms with Gasteiger partial charge in [-0.25, -0.2) is 16.8 Å². The summed E-state index contributed by atoms with van der Waals surface area (Å²) in [6, 6.07) is 16.5. The number of rotatable bonds is 11. The molecule has 1 amide bonds. The van der Waals surface area contributed by atoms with Crippen molar-refractivity contribution in [2.24, 2.45) is 0 Å². The van der Waals surface area contributed by atoms with Gasteiger partial charge in [-0.3, -0.25) is 9.10 Å². The van der Waals surface area contributed by atoms with Crippen LogP contribution in [0.1, 0.15) is 6.92 Å². The molecule has 0 atom stereocenters. The van der Waals surface area contributed by atoms with Gasteiger partial charge < -0.3 is 19.5 Å². The fourth-order valence-corrected chi connectivity index (χ4v) is 7.25. The van der Waals surface area contributed by atoms with E-state index >= 15 is 0 Å². The molecular weight excluding hydrogens is 638 g/mol. The lowest BCUT2D eigenvalue weighted by atomic mass is 10.2. The van der Waals surface area contributed by atoms with Gasteiger partial charge in [-0.2, -0.15) is 4.31 Å². The van der Waals surface area contributed by atoms with E-state index in [0.717, 1.165) is 4.31 Å². The highest BCUT2D eigenvalue weighted by Crippen LogP contribution is 2.31. The molecule has 4 rings (SSSR count). The van der Waals surface area contributed by atoms with Crippen LogP contribution in [0.25, 0.3) is 0 Å². The van der Waals surface area contributed by atoms with Crippen molar-refractivity contribution in [2.75, 3.05) is 56.2 Å². The summed E-state index contributed by atoms with van der Waals surface area (Å²) in [6.45, 7) is 2.65. The molecule has 0 spiro atoms. The number of benzene rings is 3. The number of anilines is 2. The number of carbonyl (C=O) groups excluding carboxylic acids is 1. The fourth-order valence-electron chi connectivity index (χ4n) is 4.13. The topological polar surface area (TPSA) is 132 Å². The van der Waals surface area contributed by atoms with Gasteiger partial charge in [0.2, 0.25) is 15.9 Å². The summed E-state index contributed by atoms with van der Waals surface area (Å²) in [7, 11) is -6.66. The van der Waals surface area contributed by atoms with Gasteiger partial charge in [-0.1, -0.05) is 15.9 Å². The van der Waals surface area contributed by atoms with Crippen molar-refractivity contribution in [1.29, 1.82) is 0 Å². The van der Waals surface area contributed by atoms with Crippen molar-refractivity contribution < 1.29 is 35.8 Å². The van der Waals surface area contributed by atoms with E-state index in [4.69, 9.17) is 14.2 Å². The average molecular weight is 669 g/mol. The van der Waals surface area contributed by atoms with Crippen LogP contribution in [0.2, 0.25) is 0 Å². The number of amides is 1. The Morgan fingerprint density at radius 2 is 1.61 bits per heavy atom. The van der Waals surface area contributed by atoms with Crippen LogP contribution in [0.5, 0.6) is 11.5 Å². The molecule has 3 aromatic rings. The molecule has 0 radical (unpaired) electrons. The molecule has 0 saturated carbocycles. The predicted octanol–water partition coefficient (Wildman–Crippen LogP) is 3.71. The van der Waals surface area contributed by atoms with E-state index in [0.29, 0.717) is 16.8 Å². The minimum Gasteiger partial charge on any atom is -0.495 e. The Bertz CT molecular complexity index is 1580. The zero-order valence-electron chi connectivity index (χ0n) is 22.4. The van der Waals surface area contributed by atoms with Gasteiger partial charge in [-0.15, -0.1) is 0 Å². The van der Waals surface area contributed by atoms with E-state index in [1.165, 1.54) is 41.7 Å². The maximum atomic E-state index is 13.7. The molecule has 0 aliphatic carbocycles. The number of nitrogens with zero attached hydrogens (tertiary/aromatic N) is 2. The number of methoxy groups -OCH3 is 1. The van der Waals surface area contributed by atoms with Crippen LogP contribution in [0.15, 0.2) is 81.0 Å². The van der Waals surface area contributed by atoms with E-state index < -0.39 is 32.5 Å². The maximum Gasteiger partial charge on any atom is 0.264 e. The summed E-state index contributed by atoms with van der Waals surface area (Å²) in [5, 5.41) is 2.63. The Kier molecular flexibility index (Phi) is 9.92. The minimum absolute atomic E-state index is 0.0152. The Morgan fingerprint density at radius 1 is 0.976 bits per heavy atom. The molecule has 0 unspecified atom stereocenters. The molecule has 220 valence electrons. The Balaban J connectivity index is 1.65. The highest BCUT2D eigenvalue weighted by Gasteiger charge is 2.29. The molecule has 14 heteroatoms. The van der Waals surface area contributed by atoms with E-state index in [9.17, 15) is 21.6 Å². The van der Waals surface area contributed by atoms with Gasteiger partial charge in [0.05, 0.1) is 48.1 Å². The molecule has 0 bridgehead atoms. The van der Waals surface area contributed by atoms with E-state index in [2.05, 4.69) is 21.2 Å². The molecule has 11 nitrogen and oxygen atoms in total. The van der Waals surface area contributed by atoms with Crippen LogP contribution in [0.3, 0.4) is 0 Å². The second-order valence-electron chi connectivity index (χ2n) is 8.82. The SMILES string of the molecule is CCOc1ccc(N(CC(=O)Nc2cc(S(=O)(=O)N3CCOCC3)ccc2OC)S(=O)(=O)c2ccc(Br)cc2)cc1. The van der Waals surface area contributed by atoms with Crippen molar-refractivity contribution in [1.82, 2.24) is 4.31 Å². The molecule has 1 N–H and O–H groups in total. The van der Waals surface area contributed by atoms with Crippen LogP contribution >= 0.6 is 15.9 Å². The van der Waals surface area contributed by atoms with E-state index in [-0.39, 0.29) is 53.2 Å². The minimum atomic E-state index is -4.18. The van der Waals surface area contributed by atoms with Crippen molar-refractivity contribution in [3.05, 3.63) is 71.2 Å². The van der Waals surface area contributed by atoms with Crippen LogP contribution in [-0.4, -0.2) is 73.6 Å². The van der Waals surface area contributed by atoms with Crippen LogP contribution in [0, 0.1) is 0 Å². The van der Waals surface area contributed by atoms with Crippen LogP contribution < -0.4 is 19.1 Å². The van der Waals surface area contributed by atoms with Crippen molar-refractivity contribution in [3.8, 4) is 11.5 Å². The third kappa shape index (κ3) is 7.19. The Hall–Kier alpha value is -3.17. The summed E-state index contributed by atoms with van der Waals surface area (Å²) >= 11 is 3.30. The number of carbonyl (C=O) groups is 1. The van der Waals surface area contributed by atoms with Gasteiger partial charge >= 0.3 is 0 Å². The van der Waals surface area contributed by atoms with E-state index in [1.807, 2.05) is 6.92 Å². The number of hydrogen-bond donors (Lipinski definition) is 1.